The molecule has 1 aromatic heterocycles. The molecule has 4 heterocycles. The second kappa shape index (κ2) is 9.36. The number of aliphatic imine (C=N–C) groups is 1. The molecular weight excluding hydrogens is 422 g/mol. The Kier molecular flexibility index (Phi) is 6.60. The molecule has 7 nitrogen and oxygen atoms in total. The maximum absolute atomic E-state index is 12.7. The molecule has 0 radical (unpaired) electrons. The monoisotopic (exact) mass is 447 g/mol. The van der Waals surface area contributed by atoms with Gasteiger partial charge in [-0.3, -0.25) is 4.79 Å². The Morgan fingerprint density at radius 1 is 1.43 bits per heavy atom. The van der Waals surface area contributed by atoms with Crippen molar-refractivity contribution in [1.29, 1.82) is 0 Å². The van der Waals surface area contributed by atoms with Crippen molar-refractivity contribution >= 4 is 40.1 Å². The Labute approximate surface area is 184 Å². The van der Waals surface area contributed by atoms with Crippen molar-refractivity contribution < 1.29 is 19.1 Å². The lowest BCUT2D eigenvalue weighted by atomic mass is 9.98. The first-order chi connectivity index (χ1) is 14.6. The van der Waals surface area contributed by atoms with Crippen LogP contribution in [0.1, 0.15) is 43.5 Å². The average Bonchev–Trinajstić information content (AvgIpc) is 3.52. The van der Waals surface area contributed by atoms with E-state index in [-0.39, 0.29) is 30.4 Å². The van der Waals surface area contributed by atoms with E-state index in [1.165, 1.54) is 18.9 Å². The Balaban J connectivity index is 1.57. The topological polar surface area (TPSA) is 80.2 Å². The van der Waals surface area contributed by atoms with E-state index in [4.69, 9.17) is 14.5 Å². The SMILES string of the molecule is CCC1=C(C(=O)OC)[C@@H](c2cccs2)N2C(CC(=O)NC[C@@H]3CCCO3)=CSC2=N1. The molecule has 1 N–H and O–H groups in total. The van der Waals surface area contributed by atoms with E-state index < -0.39 is 0 Å². The van der Waals surface area contributed by atoms with Crippen LogP contribution in [0.15, 0.2) is 44.9 Å². The minimum atomic E-state index is -0.382. The van der Waals surface area contributed by atoms with Gasteiger partial charge in [-0.15, -0.1) is 11.3 Å². The number of allylic oxidation sites excluding steroid dienone is 1. The Hall–Kier alpha value is -2.10. The van der Waals surface area contributed by atoms with Crippen LogP contribution in [0.3, 0.4) is 0 Å². The normalized spacial score (nSPS) is 23.2. The lowest BCUT2D eigenvalue weighted by Gasteiger charge is -2.35. The van der Waals surface area contributed by atoms with Crippen molar-refractivity contribution in [1.82, 2.24) is 10.2 Å². The zero-order valence-corrected chi connectivity index (χ0v) is 18.7. The van der Waals surface area contributed by atoms with Gasteiger partial charge in [0.1, 0.15) is 6.04 Å². The third kappa shape index (κ3) is 4.19. The number of rotatable bonds is 7. The van der Waals surface area contributed by atoms with Crippen LogP contribution in [0.2, 0.25) is 0 Å². The molecule has 3 aliphatic heterocycles. The predicted octanol–water partition coefficient (Wildman–Crippen LogP) is 3.57. The largest absolute Gasteiger partial charge is 0.466 e. The summed E-state index contributed by atoms with van der Waals surface area (Å²) in [4.78, 5) is 33.1. The number of amidine groups is 1. The summed E-state index contributed by atoms with van der Waals surface area (Å²) in [5.74, 6) is -0.444. The summed E-state index contributed by atoms with van der Waals surface area (Å²) in [5, 5.41) is 7.72. The van der Waals surface area contributed by atoms with Crippen molar-refractivity contribution in [3.8, 4) is 0 Å². The molecule has 0 aliphatic carbocycles. The van der Waals surface area contributed by atoms with Gasteiger partial charge in [-0.2, -0.15) is 0 Å². The lowest BCUT2D eigenvalue weighted by molar-refractivity contribution is -0.136. The van der Waals surface area contributed by atoms with Crippen LogP contribution < -0.4 is 5.32 Å². The van der Waals surface area contributed by atoms with Gasteiger partial charge in [0.15, 0.2) is 5.17 Å². The van der Waals surface area contributed by atoms with Gasteiger partial charge in [-0.05, 0) is 36.1 Å². The van der Waals surface area contributed by atoms with Crippen molar-refractivity contribution in [3.05, 3.63) is 44.8 Å². The number of thiophene rings is 1. The summed E-state index contributed by atoms with van der Waals surface area (Å²) in [7, 11) is 1.39. The fraction of sp³-hybridized carbons (Fsp3) is 0.476. The summed E-state index contributed by atoms with van der Waals surface area (Å²) in [5.41, 5.74) is 2.11. The molecule has 0 bridgehead atoms. The molecule has 160 valence electrons. The molecule has 1 aromatic rings. The van der Waals surface area contributed by atoms with Gasteiger partial charge in [-0.1, -0.05) is 24.8 Å². The number of hydrogen-bond donors (Lipinski definition) is 1. The second-order valence-corrected chi connectivity index (χ2v) is 9.05. The quantitative estimate of drug-likeness (QED) is 0.644. The van der Waals surface area contributed by atoms with E-state index >= 15 is 0 Å². The fourth-order valence-electron chi connectivity index (χ4n) is 3.89. The lowest BCUT2D eigenvalue weighted by Crippen LogP contribution is -2.38. The maximum Gasteiger partial charge on any atom is 0.338 e. The number of nitrogens with one attached hydrogen (secondary N) is 1. The first-order valence-electron chi connectivity index (χ1n) is 10.1. The standard InChI is InChI=1S/C21H25N3O4S2/c1-3-15-18(20(26)27-2)19(16-7-5-9-29-16)24-13(12-30-21(24)23-15)10-17(25)22-11-14-6-4-8-28-14/h5,7,9,12,14,19H,3-4,6,8,10-11H2,1-2H3,(H,22,25)/t14-,19+/m0/s1. The number of ether oxygens (including phenoxy) is 2. The van der Waals surface area contributed by atoms with Crippen LogP contribution in [-0.2, 0) is 19.1 Å². The summed E-state index contributed by atoms with van der Waals surface area (Å²) in [6.45, 7) is 3.28. The van der Waals surface area contributed by atoms with Crippen molar-refractivity contribution in [2.75, 3.05) is 20.3 Å². The Morgan fingerprint density at radius 2 is 2.30 bits per heavy atom. The molecule has 1 amide bonds. The highest BCUT2D eigenvalue weighted by Crippen LogP contribution is 2.46. The number of amides is 1. The predicted molar refractivity (Wildman–Crippen MR) is 118 cm³/mol. The molecule has 2 atom stereocenters. The van der Waals surface area contributed by atoms with Gasteiger partial charge in [0.05, 0.1) is 30.9 Å². The van der Waals surface area contributed by atoms with Crippen LogP contribution in [0.4, 0.5) is 0 Å². The zero-order chi connectivity index (χ0) is 21.1. The zero-order valence-electron chi connectivity index (χ0n) is 17.1. The van der Waals surface area contributed by atoms with Crippen LogP contribution >= 0.6 is 23.1 Å². The first kappa shape index (κ1) is 21.1. The molecule has 0 saturated carbocycles. The summed E-state index contributed by atoms with van der Waals surface area (Å²) in [6.07, 6.45) is 2.97. The number of methoxy groups -OCH3 is 1. The van der Waals surface area contributed by atoms with E-state index in [1.807, 2.05) is 34.7 Å². The van der Waals surface area contributed by atoms with Gasteiger partial charge in [0.2, 0.25) is 5.91 Å². The van der Waals surface area contributed by atoms with Crippen LogP contribution in [0, 0.1) is 0 Å². The number of carbonyl (C=O) groups is 2. The summed E-state index contributed by atoms with van der Waals surface area (Å²) >= 11 is 3.07. The molecule has 3 aliphatic rings. The fourth-order valence-corrected chi connectivity index (χ4v) is 5.65. The third-order valence-electron chi connectivity index (χ3n) is 5.33. The number of fused-ring (bicyclic) bond motifs is 1. The van der Waals surface area contributed by atoms with E-state index in [9.17, 15) is 9.59 Å². The van der Waals surface area contributed by atoms with Gasteiger partial charge in [-0.25, -0.2) is 9.79 Å². The smallest absolute Gasteiger partial charge is 0.338 e. The van der Waals surface area contributed by atoms with E-state index in [0.29, 0.717) is 18.5 Å². The first-order valence-corrected chi connectivity index (χ1v) is 11.8. The molecular formula is C21H25N3O4S2. The van der Waals surface area contributed by atoms with Crippen molar-refractivity contribution in [2.45, 2.75) is 44.8 Å². The van der Waals surface area contributed by atoms with Crippen LogP contribution in [0.5, 0.6) is 0 Å². The number of nitrogens with zero attached hydrogens (tertiary/aromatic N) is 2. The van der Waals surface area contributed by atoms with Crippen molar-refractivity contribution in [3.63, 3.8) is 0 Å². The molecule has 9 heteroatoms. The molecule has 0 aromatic carbocycles. The highest BCUT2D eigenvalue weighted by Gasteiger charge is 2.41. The second-order valence-electron chi connectivity index (χ2n) is 7.23. The molecule has 1 saturated heterocycles. The number of thioether (sulfide) groups is 1. The number of esters is 1. The number of carbonyl (C=O) groups excluding carboxylic acids is 2. The van der Waals surface area contributed by atoms with Crippen LogP contribution in [0.25, 0.3) is 0 Å². The Morgan fingerprint density at radius 3 is 2.97 bits per heavy atom. The molecule has 0 unspecified atom stereocenters. The molecule has 4 rings (SSSR count). The minimum Gasteiger partial charge on any atom is -0.466 e. The highest BCUT2D eigenvalue weighted by molar-refractivity contribution is 8.16. The number of hydrogen-bond acceptors (Lipinski definition) is 8. The summed E-state index contributed by atoms with van der Waals surface area (Å²) in [6, 6.07) is 3.63. The van der Waals surface area contributed by atoms with Crippen LogP contribution in [-0.4, -0.2) is 48.3 Å². The minimum absolute atomic E-state index is 0.0617. The third-order valence-corrected chi connectivity index (χ3v) is 7.15. The summed E-state index contributed by atoms with van der Waals surface area (Å²) < 4.78 is 10.7. The Bertz CT molecular complexity index is 901. The van der Waals surface area contributed by atoms with Gasteiger partial charge >= 0.3 is 5.97 Å². The van der Waals surface area contributed by atoms with E-state index in [2.05, 4.69) is 5.32 Å². The van der Waals surface area contributed by atoms with Gasteiger partial charge < -0.3 is 19.7 Å². The molecule has 0 spiro atoms. The van der Waals surface area contributed by atoms with E-state index in [1.54, 1.807) is 11.3 Å². The molecule has 30 heavy (non-hydrogen) atoms. The molecule has 1 fully saturated rings. The average molecular weight is 448 g/mol. The maximum atomic E-state index is 12.7. The van der Waals surface area contributed by atoms with Gasteiger partial charge in [0.25, 0.3) is 0 Å². The highest BCUT2D eigenvalue weighted by atomic mass is 32.2. The van der Waals surface area contributed by atoms with E-state index in [0.717, 1.165) is 40.9 Å². The van der Waals surface area contributed by atoms with Gasteiger partial charge in [0, 0.05) is 23.7 Å². The van der Waals surface area contributed by atoms with Crippen molar-refractivity contribution in [2.24, 2.45) is 4.99 Å².